The molecule has 1 aromatic carbocycles. The lowest BCUT2D eigenvalue weighted by atomic mass is 10.2. The summed E-state index contributed by atoms with van der Waals surface area (Å²) in [5.74, 6) is -0.377. The molecule has 0 atom stereocenters. The first-order valence-corrected chi connectivity index (χ1v) is 9.09. The third-order valence-electron chi connectivity index (χ3n) is 4.10. The third kappa shape index (κ3) is 8.87. The van der Waals surface area contributed by atoms with E-state index in [-0.39, 0.29) is 19.0 Å². The molecule has 1 aromatic rings. The van der Waals surface area contributed by atoms with Crippen LogP contribution in [0.15, 0.2) is 18.2 Å². The van der Waals surface area contributed by atoms with Crippen molar-refractivity contribution in [3.8, 4) is 0 Å². The number of nitrogens with one attached hydrogen (secondary N) is 1. The molecule has 0 aliphatic rings. The Morgan fingerprint density at radius 2 is 1.73 bits per heavy atom. The zero-order chi connectivity index (χ0) is 19.7. The van der Waals surface area contributed by atoms with Crippen molar-refractivity contribution < 1.29 is 18.0 Å². The number of likely N-dealkylation sites (N-methyl/N-ethyl adjacent to an activating group) is 1. The second-order valence-corrected chi connectivity index (χ2v) is 6.61. The number of anilines is 1. The van der Waals surface area contributed by atoms with E-state index >= 15 is 0 Å². The number of carbonyl (C=O) groups excluding carboxylic acids is 1. The van der Waals surface area contributed by atoms with Crippen molar-refractivity contribution in [3.05, 3.63) is 28.8 Å². The van der Waals surface area contributed by atoms with Crippen molar-refractivity contribution in [2.24, 2.45) is 0 Å². The number of amides is 1. The van der Waals surface area contributed by atoms with Crippen molar-refractivity contribution in [2.75, 3.05) is 44.6 Å². The summed E-state index contributed by atoms with van der Waals surface area (Å²) < 4.78 is 37.7. The fourth-order valence-corrected chi connectivity index (χ4v) is 2.77. The van der Waals surface area contributed by atoms with Gasteiger partial charge in [-0.05, 0) is 37.7 Å². The van der Waals surface area contributed by atoms with E-state index in [0.717, 1.165) is 18.7 Å². The van der Waals surface area contributed by atoms with Crippen LogP contribution in [0.3, 0.4) is 0 Å². The van der Waals surface area contributed by atoms with Gasteiger partial charge in [0.15, 0.2) is 0 Å². The standard InChI is InChI=1S/C18H27ClF3N3O/c1-4-24(5-2)10-11-25(9-8-18(20,21)22)13-17(26)23-16-7-6-14(3)12-15(16)19/h6-7,12H,4-5,8-11,13H2,1-3H3,(H,23,26). The molecule has 4 nitrogen and oxygen atoms in total. The van der Waals surface area contributed by atoms with Gasteiger partial charge in [-0.2, -0.15) is 13.2 Å². The maximum Gasteiger partial charge on any atom is 0.390 e. The average Bonchev–Trinajstić information content (AvgIpc) is 2.55. The zero-order valence-corrected chi connectivity index (χ0v) is 16.3. The van der Waals surface area contributed by atoms with Crippen molar-refractivity contribution in [1.29, 1.82) is 0 Å². The van der Waals surface area contributed by atoms with Gasteiger partial charge in [0, 0.05) is 19.6 Å². The summed E-state index contributed by atoms with van der Waals surface area (Å²) in [5.41, 5.74) is 1.42. The Hall–Kier alpha value is -1.31. The van der Waals surface area contributed by atoms with Crippen LogP contribution in [0, 0.1) is 6.92 Å². The summed E-state index contributed by atoms with van der Waals surface area (Å²) in [4.78, 5) is 15.9. The molecule has 0 aromatic heterocycles. The van der Waals surface area contributed by atoms with Gasteiger partial charge in [0.2, 0.25) is 5.91 Å². The first kappa shape index (κ1) is 22.7. The van der Waals surface area contributed by atoms with Crippen LogP contribution in [0.1, 0.15) is 25.8 Å². The van der Waals surface area contributed by atoms with Crippen LogP contribution < -0.4 is 5.32 Å². The Labute approximate surface area is 158 Å². The second-order valence-electron chi connectivity index (χ2n) is 6.20. The van der Waals surface area contributed by atoms with Crippen LogP contribution >= 0.6 is 11.6 Å². The van der Waals surface area contributed by atoms with Gasteiger partial charge in [0.05, 0.1) is 23.7 Å². The number of rotatable bonds is 10. The SMILES string of the molecule is CCN(CC)CCN(CCC(F)(F)F)CC(=O)Nc1ccc(C)cc1Cl. The molecule has 0 bridgehead atoms. The Morgan fingerprint density at radius 1 is 1.12 bits per heavy atom. The lowest BCUT2D eigenvalue weighted by molar-refractivity contribution is -0.139. The van der Waals surface area contributed by atoms with E-state index in [1.807, 2.05) is 26.8 Å². The maximum atomic E-state index is 12.6. The van der Waals surface area contributed by atoms with Crippen molar-refractivity contribution >= 4 is 23.2 Å². The van der Waals surface area contributed by atoms with Crippen LogP contribution in [-0.4, -0.2) is 61.2 Å². The zero-order valence-electron chi connectivity index (χ0n) is 15.5. The minimum Gasteiger partial charge on any atom is -0.324 e. The van der Waals surface area contributed by atoms with E-state index in [9.17, 15) is 18.0 Å². The molecule has 1 amide bonds. The highest BCUT2D eigenvalue weighted by atomic mass is 35.5. The number of hydrogen-bond donors (Lipinski definition) is 1. The quantitative estimate of drug-likeness (QED) is 0.647. The van der Waals surface area contributed by atoms with Gasteiger partial charge in [-0.3, -0.25) is 9.69 Å². The van der Waals surface area contributed by atoms with Gasteiger partial charge in [0.25, 0.3) is 0 Å². The lowest BCUT2D eigenvalue weighted by Gasteiger charge is -2.26. The summed E-state index contributed by atoms with van der Waals surface area (Å²) in [7, 11) is 0. The Kier molecular flexibility index (Phi) is 9.39. The van der Waals surface area contributed by atoms with Crippen molar-refractivity contribution in [2.45, 2.75) is 33.4 Å². The minimum atomic E-state index is -4.25. The number of carbonyl (C=O) groups is 1. The molecule has 0 spiro atoms. The topological polar surface area (TPSA) is 35.6 Å². The first-order valence-electron chi connectivity index (χ1n) is 8.72. The second kappa shape index (κ2) is 10.7. The fraction of sp³-hybridized carbons (Fsp3) is 0.611. The highest BCUT2D eigenvalue weighted by Gasteiger charge is 2.28. The Balaban J connectivity index is 2.67. The molecule has 0 fully saturated rings. The molecule has 0 saturated carbocycles. The van der Waals surface area contributed by atoms with Gasteiger partial charge < -0.3 is 10.2 Å². The third-order valence-corrected chi connectivity index (χ3v) is 4.42. The van der Waals surface area contributed by atoms with Crippen LogP contribution in [0.25, 0.3) is 0 Å². The number of nitrogens with zero attached hydrogens (tertiary/aromatic N) is 2. The normalized spacial score (nSPS) is 12.0. The van der Waals surface area contributed by atoms with Crippen LogP contribution in [0.4, 0.5) is 18.9 Å². The summed E-state index contributed by atoms with van der Waals surface area (Å²) in [6.45, 7) is 8.19. The van der Waals surface area contributed by atoms with E-state index in [0.29, 0.717) is 23.8 Å². The average molecular weight is 394 g/mol. The molecular formula is C18H27ClF3N3O. The van der Waals surface area contributed by atoms with Crippen LogP contribution in [0.2, 0.25) is 5.02 Å². The molecule has 0 heterocycles. The molecule has 0 saturated heterocycles. The smallest absolute Gasteiger partial charge is 0.324 e. The number of benzene rings is 1. The van der Waals surface area contributed by atoms with E-state index in [1.54, 1.807) is 12.1 Å². The van der Waals surface area contributed by atoms with Crippen LogP contribution in [-0.2, 0) is 4.79 Å². The Morgan fingerprint density at radius 3 is 2.27 bits per heavy atom. The van der Waals surface area contributed by atoms with Gasteiger partial charge in [-0.25, -0.2) is 0 Å². The summed E-state index contributed by atoms with van der Waals surface area (Å²) in [6, 6.07) is 5.22. The highest BCUT2D eigenvalue weighted by molar-refractivity contribution is 6.33. The van der Waals surface area contributed by atoms with Gasteiger partial charge in [-0.1, -0.05) is 31.5 Å². The van der Waals surface area contributed by atoms with Gasteiger partial charge >= 0.3 is 6.18 Å². The van der Waals surface area contributed by atoms with Gasteiger partial charge in [0.1, 0.15) is 0 Å². The number of alkyl halides is 3. The molecule has 0 radical (unpaired) electrons. The summed E-state index contributed by atoms with van der Waals surface area (Å²) in [5, 5.41) is 3.08. The van der Waals surface area contributed by atoms with Gasteiger partial charge in [-0.15, -0.1) is 0 Å². The molecular weight excluding hydrogens is 367 g/mol. The monoisotopic (exact) mass is 393 g/mol. The molecule has 0 aliphatic carbocycles. The molecule has 0 unspecified atom stereocenters. The molecule has 1 N–H and O–H groups in total. The lowest BCUT2D eigenvalue weighted by Crippen LogP contribution is -2.40. The predicted molar refractivity (Wildman–Crippen MR) is 99.7 cm³/mol. The number of hydrogen-bond acceptors (Lipinski definition) is 3. The Bertz CT molecular complexity index is 577. The highest BCUT2D eigenvalue weighted by Crippen LogP contribution is 2.23. The van der Waals surface area contributed by atoms with E-state index < -0.39 is 12.6 Å². The molecule has 26 heavy (non-hydrogen) atoms. The fourth-order valence-electron chi connectivity index (χ4n) is 2.49. The van der Waals surface area contributed by atoms with E-state index in [2.05, 4.69) is 10.2 Å². The minimum absolute atomic E-state index is 0.110. The largest absolute Gasteiger partial charge is 0.390 e. The molecule has 0 aliphatic heterocycles. The van der Waals surface area contributed by atoms with E-state index in [4.69, 9.17) is 11.6 Å². The predicted octanol–water partition coefficient (Wildman–Crippen LogP) is 4.18. The van der Waals surface area contributed by atoms with Crippen LogP contribution in [0.5, 0.6) is 0 Å². The molecule has 148 valence electrons. The first-order chi connectivity index (χ1) is 12.1. The summed E-state index contributed by atoms with van der Waals surface area (Å²) in [6.07, 6.45) is -5.19. The number of aryl methyl sites for hydroxylation is 1. The maximum absolute atomic E-state index is 12.6. The van der Waals surface area contributed by atoms with Crippen molar-refractivity contribution in [3.63, 3.8) is 0 Å². The number of halogens is 4. The van der Waals surface area contributed by atoms with E-state index in [1.165, 1.54) is 4.90 Å². The molecule has 8 heteroatoms. The molecule has 1 rings (SSSR count). The van der Waals surface area contributed by atoms with Crippen molar-refractivity contribution in [1.82, 2.24) is 9.80 Å². The summed E-state index contributed by atoms with van der Waals surface area (Å²) >= 11 is 6.09.